The van der Waals surface area contributed by atoms with Crippen molar-refractivity contribution in [3.05, 3.63) is 0 Å². The van der Waals surface area contributed by atoms with Crippen LogP contribution >= 0.6 is 0 Å². The summed E-state index contributed by atoms with van der Waals surface area (Å²) in [7, 11) is 0. The number of nitrogens with two attached hydrogens (primary N) is 1. The minimum Gasteiger partial charge on any atom is -0.481 e. The SMILES string of the molecule is NC(=O)C(CO)NC(=O)CNC(=O)CNC(=O)C1CCCN1C(=O)[C@H](CO)NC(=O)CCC(=O)O. The molecular formula is C19H30N6O10. The third kappa shape index (κ3) is 9.93. The predicted octanol–water partition coefficient (Wildman–Crippen LogP) is -5.49. The molecule has 0 bridgehead atoms. The van der Waals surface area contributed by atoms with E-state index in [0.29, 0.717) is 6.42 Å². The van der Waals surface area contributed by atoms with E-state index < -0.39 is 92.3 Å². The average molecular weight is 502 g/mol. The quantitative estimate of drug-likeness (QED) is 0.112. The molecule has 1 fully saturated rings. The van der Waals surface area contributed by atoms with E-state index in [1.807, 2.05) is 0 Å². The van der Waals surface area contributed by atoms with E-state index >= 15 is 0 Å². The third-order valence-corrected chi connectivity index (χ3v) is 4.95. The first kappa shape index (κ1) is 29.2. The highest BCUT2D eigenvalue weighted by molar-refractivity contribution is 5.95. The summed E-state index contributed by atoms with van der Waals surface area (Å²) in [5.74, 6) is -5.85. The van der Waals surface area contributed by atoms with Crippen LogP contribution in [0.3, 0.4) is 0 Å². The summed E-state index contributed by atoms with van der Waals surface area (Å²) in [6, 6.07) is -3.64. The number of carbonyl (C=O) groups is 7. The van der Waals surface area contributed by atoms with Crippen molar-refractivity contribution in [3.63, 3.8) is 0 Å². The number of rotatable bonds is 14. The first-order valence-electron chi connectivity index (χ1n) is 10.7. The van der Waals surface area contributed by atoms with Gasteiger partial charge in [-0.3, -0.25) is 33.6 Å². The molecule has 16 heteroatoms. The third-order valence-electron chi connectivity index (χ3n) is 4.95. The van der Waals surface area contributed by atoms with Gasteiger partial charge < -0.3 is 47.2 Å². The van der Waals surface area contributed by atoms with Crippen molar-refractivity contribution in [2.24, 2.45) is 5.73 Å². The molecule has 3 atom stereocenters. The Kier molecular flexibility index (Phi) is 12.1. The Balaban J connectivity index is 2.55. The van der Waals surface area contributed by atoms with Gasteiger partial charge >= 0.3 is 5.97 Å². The Bertz CT molecular complexity index is 835. The lowest BCUT2D eigenvalue weighted by Gasteiger charge is -2.27. The maximum absolute atomic E-state index is 12.7. The standard InChI is InChI=1S/C19H30N6O10/c20-17(33)10(8-26)23-15(30)7-21-14(29)6-22-18(34)12-2-1-5-25(12)19(35)11(9-27)24-13(28)3-4-16(31)32/h10-12,26-27H,1-9H2,(H2,20,33)(H,21,29)(H,22,34)(H,23,30)(H,24,28)(H,31,32)/t10?,11-,12?/m0/s1. The molecule has 1 rings (SSSR count). The second-order valence-corrected chi connectivity index (χ2v) is 7.59. The van der Waals surface area contributed by atoms with E-state index in [4.69, 9.17) is 15.9 Å². The van der Waals surface area contributed by atoms with E-state index in [2.05, 4.69) is 21.3 Å². The van der Waals surface area contributed by atoms with Gasteiger partial charge in [-0.05, 0) is 12.8 Å². The number of carboxylic acid groups (broad SMARTS) is 1. The van der Waals surface area contributed by atoms with Crippen LogP contribution in [0, 0.1) is 0 Å². The largest absolute Gasteiger partial charge is 0.481 e. The normalized spacial score (nSPS) is 16.5. The van der Waals surface area contributed by atoms with Crippen molar-refractivity contribution in [3.8, 4) is 0 Å². The molecular weight excluding hydrogens is 472 g/mol. The Hall–Kier alpha value is -3.79. The number of nitrogens with one attached hydrogen (secondary N) is 4. The second-order valence-electron chi connectivity index (χ2n) is 7.59. The maximum Gasteiger partial charge on any atom is 0.303 e. The summed E-state index contributed by atoms with van der Waals surface area (Å²) in [5.41, 5.74) is 4.97. The molecule has 2 unspecified atom stereocenters. The molecule has 0 saturated carbocycles. The fourth-order valence-electron chi connectivity index (χ4n) is 3.15. The molecule has 1 aliphatic heterocycles. The number of nitrogens with zero attached hydrogens (tertiary/aromatic N) is 1. The van der Waals surface area contributed by atoms with Gasteiger partial charge in [-0.1, -0.05) is 0 Å². The van der Waals surface area contributed by atoms with Crippen LogP contribution in [-0.4, -0.2) is 113 Å². The highest BCUT2D eigenvalue weighted by Crippen LogP contribution is 2.18. The number of hydrogen-bond donors (Lipinski definition) is 8. The topological polar surface area (TPSA) is 258 Å². The average Bonchev–Trinajstić information content (AvgIpc) is 3.31. The molecule has 0 aromatic heterocycles. The summed E-state index contributed by atoms with van der Waals surface area (Å²) < 4.78 is 0. The molecule has 1 saturated heterocycles. The van der Waals surface area contributed by atoms with Crippen LogP contribution in [0.25, 0.3) is 0 Å². The predicted molar refractivity (Wildman–Crippen MR) is 115 cm³/mol. The number of amides is 6. The number of likely N-dealkylation sites (tertiary alicyclic amines) is 1. The van der Waals surface area contributed by atoms with Crippen molar-refractivity contribution in [2.75, 3.05) is 32.8 Å². The van der Waals surface area contributed by atoms with E-state index in [1.165, 1.54) is 0 Å². The fourth-order valence-corrected chi connectivity index (χ4v) is 3.15. The summed E-state index contributed by atoms with van der Waals surface area (Å²) >= 11 is 0. The van der Waals surface area contributed by atoms with Crippen molar-refractivity contribution in [1.29, 1.82) is 0 Å². The number of primary amides is 1. The fraction of sp³-hybridized carbons (Fsp3) is 0.632. The Labute approximate surface area is 199 Å². The Morgan fingerprint density at radius 3 is 2.03 bits per heavy atom. The summed E-state index contributed by atoms with van der Waals surface area (Å²) in [6.07, 6.45) is -0.126. The lowest BCUT2D eigenvalue weighted by Crippen LogP contribution is -2.55. The van der Waals surface area contributed by atoms with E-state index in [-0.39, 0.29) is 19.4 Å². The van der Waals surface area contributed by atoms with Gasteiger partial charge in [-0.15, -0.1) is 0 Å². The molecule has 35 heavy (non-hydrogen) atoms. The van der Waals surface area contributed by atoms with Crippen molar-refractivity contribution in [2.45, 2.75) is 43.8 Å². The monoisotopic (exact) mass is 502 g/mol. The van der Waals surface area contributed by atoms with Gasteiger partial charge in [0.25, 0.3) is 0 Å². The minimum absolute atomic E-state index is 0.163. The van der Waals surface area contributed by atoms with E-state index in [9.17, 15) is 38.7 Å². The zero-order valence-corrected chi connectivity index (χ0v) is 18.8. The van der Waals surface area contributed by atoms with Crippen LogP contribution in [0.1, 0.15) is 25.7 Å². The maximum atomic E-state index is 12.7. The number of aliphatic hydroxyl groups is 2. The molecule has 1 aliphatic rings. The molecule has 0 aromatic rings. The number of aliphatic carboxylic acids is 1. The second kappa shape index (κ2) is 14.5. The number of carbonyl (C=O) groups excluding carboxylic acids is 6. The molecule has 0 radical (unpaired) electrons. The lowest BCUT2D eigenvalue weighted by atomic mass is 10.1. The van der Waals surface area contributed by atoms with Gasteiger partial charge in [0.1, 0.15) is 18.1 Å². The summed E-state index contributed by atoms with van der Waals surface area (Å²) in [4.78, 5) is 83.3. The molecule has 0 spiro atoms. The van der Waals surface area contributed by atoms with Crippen molar-refractivity contribution >= 4 is 41.4 Å². The van der Waals surface area contributed by atoms with Gasteiger partial charge in [0.05, 0.1) is 32.7 Å². The van der Waals surface area contributed by atoms with Gasteiger partial charge in [0, 0.05) is 13.0 Å². The summed E-state index contributed by atoms with van der Waals surface area (Å²) in [6.45, 7) is -2.40. The molecule has 0 aromatic carbocycles. The first-order valence-corrected chi connectivity index (χ1v) is 10.7. The van der Waals surface area contributed by atoms with Crippen LogP contribution in [0.4, 0.5) is 0 Å². The zero-order chi connectivity index (χ0) is 26.5. The van der Waals surface area contributed by atoms with E-state index in [0.717, 1.165) is 4.90 Å². The zero-order valence-electron chi connectivity index (χ0n) is 18.8. The summed E-state index contributed by atoms with van der Waals surface area (Å²) in [5, 5.41) is 35.9. The molecule has 16 nitrogen and oxygen atoms in total. The van der Waals surface area contributed by atoms with Gasteiger partial charge in [0.2, 0.25) is 35.4 Å². The molecule has 6 amide bonds. The lowest BCUT2D eigenvalue weighted by molar-refractivity contribution is -0.143. The van der Waals surface area contributed by atoms with Gasteiger partial charge in [-0.25, -0.2) is 0 Å². The van der Waals surface area contributed by atoms with Crippen molar-refractivity contribution in [1.82, 2.24) is 26.2 Å². The smallest absolute Gasteiger partial charge is 0.303 e. The van der Waals surface area contributed by atoms with Crippen LogP contribution in [0.15, 0.2) is 0 Å². The minimum atomic E-state index is -1.37. The number of carboxylic acids is 1. The Morgan fingerprint density at radius 1 is 0.857 bits per heavy atom. The van der Waals surface area contributed by atoms with Gasteiger partial charge in [-0.2, -0.15) is 0 Å². The van der Waals surface area contributed by atoms with Crippen LogP contribution < -0.4 is 27.0 Å². The molecule has 1 heterocycles. The van der Waals surface area contributed by atoms with Crippen LogP contribution in [-0.2, 0) is 33.6 Å². The highest BCUT2D eigenvalue weighted by Gasteiger charge is 2.37. The van der Waals surface area contributed by atoms with E-state index in [1.54, 1.807) is 0 Å². The Morgan fingerprint density at radius 2 is 1.46 bits per heavy atom. The number of hydrogen-bond acceptors (Lipinski definition) is 9. The molecule has 9 N–H and O–H groups in total. The van der Waals surface area contributed by atoms with Crippen LogP contribution in [0.5, 0.6) is 0 Å². The highest BCUT2D eigenvalue weighted by atomic mass is 16.4. The number of aliphatic hydroxyl groups excluding tert-OH is 2. The molecule has 196 valence electrons. The van der Waals surface area contributed by atoms with Crippen LogP contribution in [0.2, 0.25) is 0 Å². The first-order chi connectivity index (χ1) is 16.5. The van der Waals surface area contributed by atoms with Crippen molar-refractivity contribution < 1.29 is 48.9 Å². The molecule has 0 aliphatic carbocycles. The van der Waals surface area contributed by atoms with Gasteiger partial charge in [0.15, 0.2) is 0 Å².